The van der Waals surface area contributed by atoms with Gasteiger partial charge in [0.2, 0.25) is 5.91 Å². The van der Waals surface area contributed by atoms with Gasteiger partial charge in [-0.15, -0.1) is 0 Å². The Bertz CT molecular complexity index is 347. The average Bonchev–Trinajstić information content (AvgIpc) is 2.22. The molecule has 1 saturated carbocycles. The minimum Gasteiger partial charge on any atom is -0.339 e. The lowest BCUT2D eigenvalue weighted by atomic mass is 9.62. The molecule has 2 atom stereocenters. The normalized spacial score (nSPS) is 41.5. The first kappa shape index (κ1) is 12.8. The lowest BCUT2D eigenvalue weighted by molar-refractivity contribution is -0.145. The first-order valence-electron chi connectivity index (χ1n) is 6.33. The van der Waals surface area contributed by atoms with Gasteiger partial charge in [0.25, 0.3) is 0 Å². The molecule has 0 aromatic heterocycles. The molecule has 2 rings (SSSR count). The summed E-state index contributed by atoms with van der Waals surface area (Å²) in [6, 6.07) is 2.27. The summed E-state index contributed by atoms with van der Waals surface area (Å²) < 4.78 is 0. The smallest absolute Gasteiger partial charge is 0.243 e. The van der Waals surface area contributed by atoms with Gasteiger partial charge < -0.3 is 4.90 Å². The molecular weight excluding hydrogens is 232 g/mol. The molecular formula is C13H20N2OS. The molecule has 0 aromatic carbocycles. The molecule has 1 amide bonds. The van der Waals surface area contributed by atoms with Crippen molar-refractivity contribution in [2.75, 3.05) is 13.1 Å². The van der Waals surface area contributed by atoms with Crippen molar-refractivity contribution in [2.45, 2.75) is 44.1 Å². The minimum atomic E-state index is -0.694. The van der Waals surface area contributed by atoms with Crippen molar-refractivity contribution in [3.8, 4) is 6.07 Å². The van der Waals surface area contributed by atoms with Crippen LogP contribution in [0.5, 0.6) is 0 Å². The number of hydrogen-bond donors (Lipinski definition) is 0. The van der Waals surface area contributed by atoms with E-state index in [4.69, 9.17) is 0 Å². The molecule has 0 spiro atoms. The zero-order valence-electron chi connectivity index (χ0n) is 10.8. The minimum absolute atomic E-state index is 0.0806. The molecule has 2 aliphatic rings. The van der Waals surface area contributed by atoms with Crippen LogP contribution in [0.2, 0.25) is 0 Å². The van der Waals surface area contributed by atoms with E-state index in [1.54, 1.807) is 0 Å². The zero-order valence-corrected chi connectivity index (χ0v) is 11.6. The lowest BCUT2D eigenvalue weighted by Gasteiger charge is -2.45. The molecule has 0 radical (unpaired) electrons. The Morgan fingerprint density at radius 1 is 1.29 bits per heavy atom. The van der Waals surface area contributed by atoms with Gasteiger partial charge in [0.1, 0.15) is 5.41 Å². The maximum Gasteiger partial charge on any atom is 0.243 e. The molecule has 2 fully saturated rings. The van der Waals surface area contributed by atoms with E-state index < -0.39 is 5.41 Å². The van der Waals surface area contributed by atoms with Crippen LogP contribution in [0.4, 0.5) is 0 Å². The highest BCUT2D eigenvalue weighted by molar-refractivity contribution is 8.00. The van der Waals surface area contributed by atoms with Crippen molar-refractivity contribution in [1.82, 2.24) is 4.90 Å². The van der Waals surface area contributed by atoms with E-state index in [-0.39, 0.29) is 5.91 Å². The van der Waals surface area contributed by atoms with Gasteiger partial charge in [-0.3, -0.25) is 4.79 Å². The number of carbonyl (C=O) groups is 1. The number of nitriles is 1. The molecule has 0 bridgehead atoms. The summed E-state index contributed by atoms with van der Waals surface area (Å²) in [5, 5.41) is 10.2. The van der Waals surface area contributed by atoms with Crippen molar-refractivity contribution in [1.29, 1.82) is 5.26 Å². The fourth-order valence-electron chi connectivity index (χ4n) is 3.09. The molecule has 4 heteroatoms. The summed E-state index contributed by atoms with van der Waals surface area (Å²) in [7, 11) is 0. The maximum absolute atomic E-state index is 12.5. The summed E-state index contributed by atoms with van der Waals surface area (Å²) in [5.74, 6) is 0.602. The summed E-state index contributed by atoms with van der Waals surface area (Å²) in [4.78, 5) is 14.4. The van der Waals surface area contributed by atoms with E-state index in [1.165, 1.54) is 0 Å². The van der Waals surface area contributed by atoms with Crippen LogP contribution in [0, 0.1) is 22.7 Å². The molecule has 0 aromatic rings. The van der Waals surface area contributed by atoms with Gasteiger partial charge in [0.05, 0.1) is 6.07 Å². The second-order valence-corrected chi connectivity index (χ2v) is 7.56. The number of rotatable bonds is 1. The molecule has 2 unspecified atom stereocenters. The highest BCUT2D eigenvalue weighted by Gasteiger charge is 2.51. The molecule has 3 nitrogen and oxygen atoms in total. The van der Waals surface area contributed by atoms with E-state index in [0.29, 0.717) is 16.4 Å². The zero-order chi connectivity index (χ0) is 12.6. The van der Waals surface area contributed by atoms with Crippen LogP contribution in [0.25, 0.3) is 0 Å². The molecule has 1 aliphatic heterocycles. The number of thioether (sulfide) groups is 1. The van der Waals surface area contributed by atoms with E-state index in [2.05, 4.69) is 26.8 Å². The summed E-state index contributed by atoms with van der Waals surface area (Å²) in [6.45, 7) is 8.02. The van der Waals surface area contributed by atoms with Gasteiger partial charge in [-0.2, -0.15) is 17.0 Å². The Labute approximate surface area is 108 Å². The number of hydrogen-bond acceptors (Lipinski definition) is 3. The highest BCUT2D eigenvalue weighted by Crippen LogP contribution is 2.46. The van der Waals surface area contributed by atoms with Gasteiger partial charge in [-0.25, -0.2) is 0 Å². The molecule has 1 aliphatic carbocycles. The SMILES string of the molecule is CC1CC(C#N)(C(=O)N2CC(C)SC(C)C2)C1. The Morgan fingerprint density at radius 2 is 1.82 bits per heavy atom. The summed E-state index contributed by atoms with van der Waals surface area (Å²) in [6.07, 6.45) is 1.49. The van der Waals surface area contributed by atoms with Gasteiger partial charge in [0, 0.05) is 23.6 Å². The Hall–Kier alpha value is -0.690. The van der Waals surface area contributed by atoms with E-state index in [1.807, 2.05) is 16.7 Å². The quantitative estimate of drug-likeness (QED) is 0.719. The average molecular weight is 252 g/mol. The van der Waals surface area contributed by atoms with E-state index >= 15 is 0 Å². The molecule has 0 N–H and O–H groups in total. The van der Waals surface area contributed by atoms with Crippen LogP contribution in [0.15, 0.2) is 0 Å². The van der Waals surface area contributed by atoms with Crippen molar-refractivity contribution >= 4 is 17.7 Å². The van der Waals surface area contributed by atoms with Crippen LogP contribution < -0.4 is 0 Å². The third-order valence-corrected chi connectivity index (χ3v) is 4.95. The second-order valence-electron chi connectivity index (χ2n) is 5.67. The Balaban J connectivity index is 2.07. The van der Waals surface area contributed by atoms with Gasteiger partial charge in [0.15, 0.2) is 0 Å². The van der Waals surface area contributed by atoms with Crippen LogP contribution >= 0.6 is 11.8 Å². The number of amides is 1. The van der Waals surface area contributed by atoms with Gasteiger partial charge >= 0.3 is 0 Å². The standard InChI is InChI=1S/C13H20N2OS/c1-9-4-13(5-9,8-14)12(16)15-6-10(2)17-11(3)7-15/h9-11H,4-7H2,1-3H3. The second kappa shape index (κ2) is 4.53. The van der Waals surface area contributed by atoms with E-state index in [9.17, 15) is 10.1 Å². The van der Waals surface area contributed by atoms with Crippen molar-refractivity contribution in [3.63, 3.8) is 0 Å². The summed E-state index contributed by atoms with van der Waals surface area (Å²) in [5.41, 5.74) is -0.694. The van der Waals surface area contributed by atoms with Gasteiger partial charge in [-0.1, -0.05) is 20.8 Å². The van der Waals surface area contributed by atoms with E-state index in [0.717, 1.165) is 25.9 Å². The van der Waals surface area contributed by atoms with Crippen LogP contribution in [0.1, 0.15) is 33.6 Å². The Morgan fingerprint density at radius 3 is 2.24 bits per heavy atom. The van der Waals surface area contributed by atoms with Crippen molar-refractivity contribution < 1.29 is 4.79 Å². The fraction of sp³-hybridized carbons (Fsp3) is 0.846. The Kier molecular flexibility index (Phi) is 3.40. The number of carbonyl (C=O) groups excluding carboxylic acids is 1. The monoisotopic (exact) mass is 252 g/mol. The third-order valence-electron chi connectivity index (χ3n) is 3.72. The van der Waals surface area contributed by atoms with Gasteiger partial charge in [-0.05, 0) is 18.8 Å². The first-order valence-corrected chi connectivity index (χ1v) is 7.27. The predicted molar refractivity (Wildman–Crippen MR) is 69.5 cm³/mol. The van der Waals surface area contributed by atoms with Crippen LogP contribution in [0.3, 0.4) is 0 Å². The molecule has 17 heavy (non-hydrogen) atoms. The number of nitrogens with zero attached hydrogens (tertiary/aromatic N) is 2. The fourth-order valence-corrected chi connectivity index (χ4v) is 4.42. The molecule has 94 valence electrons. The van der Waals surface area contributed by atoms with Crippen molar-refractivity contribution in [3.05, 3.63) is 0 Å². The lowest BCUT2D eigenvalue weighted by Crippen LogP contribution is -2.54. The third kappa shape index (κ3) is 2.30. The first-order chi connectivity index (χ1) is 7.97. The van der Waals surface area contributed by atoms with Crippen molar-refractivity contribution in [2.24, 2.45) is 11.3 Å². The molecule has 1 saturated heterocycles. The van der Waals surface area contributed by atoms with Crippen LogP contribution in [-0.4, -0.2) is 34.4 Å². The van der Waals surface area contributed by atoms with Crippen LogP contribution in [-0.2, 0) is 4.79 Å². The predicted octanol–water partition coefficient (Wildman–Crippen LogP) is 2.28. The molecule has 1 heterocycles. The largest absolute Gasteiger partial charge is 0.339 e. The topological polar surface area (TPSA) is 44.1 Å². The highest BCUT2D eigenvalue weighted by atomic mass is 32.2. The summed E-state index contributed by atoms with van der Waals surface area (Å²) >= 11 is 1.93. The maximum atomic E-state index is 12.5.